The van der Waals surface area contributed by atoms with Crippen molar-refractivity contribution < 1.29 is 13.9 Å². The number of nitrogens with one attached hydrogen (secondary N) is 1. The fourth-order valence-electron chi connectivity index (χ4n) is 4.22. The topological polar surface area (TPSA) is 109 Å². The van der Waals surface area contributed by atoms with Crippen LogP contribution in [0.15, 0.2) is 30.5 Å². The molecule has 0 spiro atoms. The van der Waals surface area contributed by atoms with Crippen LogP contribution in [0.3, 0.4) is 0 Å². The van der Waals surface area contributed by atoms with Crippen molar-refractivity contribution in [1.82, 2.24) is 14.7 Å². The molecule has 1 unspecified atom stereocenters. The van der Waals surface area contributed by atoms with Crippen molar-refractivity contribution in [3.63, 3.8) is 0 Å². The average molecular weight is 441 g/mol. The van der Waals surface area contributed by atoms with Crippen LogP contribution in [-0.4, -0.2) is 46.5 Å². The second-order valence-electron chi connectivity index (χ2n) is 8.85. The molecule has 4 rings (SSSR count). The lowest BCUT2D eigenvalue weighted by Crippen LogP contribution is -2.47. The molecule has 0 bridgehead atoms. The van der Waals surface area contributed by atoms with Crippen LogP contribution in [-0.2, 0) is 10.3 Å². The minimum atomic E-state index is -0.618. The van der Waals surface area contributed by atoms with E-state index >= 15 is 0 Å². The molecule has 1 atom stereocenters. The van der Waals surface area contributed by atoms with E-state index in [1.165, 1.54) is 25.0 Å². The molecule has 0 radical (unpaired) electrons. The number of benzene rings is 1. The quantitative estimate of drug-likeness (QED) is 0.619. The second-order valence-corrected chi connectivity index (χ2v) is 8.85. The molecule has 1 aromatic carbocycles. The molecule has 8 nitrogen and oxygen atoms in total. The fraction of sp³-hybridized carbons (Fsp3) is 0.522. The van der Waals surface area contributed by atoms with Crippen molar-refractivity contribution in [2.75, 3.05) is 25.1 Å². The number of carbonyl (C=O) groups is 1. The van der Waals surface area contributed by atoms with Gasteiger partial charge in [0.05, 0.1) is 30.9 Å². The van der Waals surface area contributed by atoms with E-state index in [4.69, 9.17) is 10.5 Å². The van der Waals surface area contributed by atoms with E-state index < -0.39 is 11.4 Å². The Morgan fingerprint density at radius 1 is 1.38 bits per heavy atom. The third-order valence-corrected chi connectivity index (χ3v) is 6.57. The van der Waals surface area contributed by atoms with Crippen molar-refractivity contribution in [3.05, 3.63) is 41.8 Å². The summed E-state index contributed by atoms with van der Waals surface area (Å²) in [5, 5.41) is 17.2. The predicted molar refractivity (Wildman–Crippen MR) is 118 cm³/mol. The molecule has 1 aromatic heterocycles. The molecular formula is C23H29FN6O2. The van der Waals surface area contributed by atoms with Crippen molar-refractivity contribution in [1.29, 1.82) is 5.26 Å². The molecule has 1 aliphatic heterocycles. The summed E-state index contributed by atoms with van der Waals surface area (Å²) in [5.74, 6) is 0.0190. The highest BCUT2D eigenvalue weighted by molar-refractivity contribution is 5.98. The van der Waals surface area contributed by atoms with Gasteiger partial charge in [-0.05, 0) is 62.8 Å². The molecule has 1 saturated carbocycles. The second kappa shape index (κ2) is 9.27. The summed E-state index contributed by atoms with van der Waals surface area (Å²) in [6.07, 6.45) is 6.09. The van der Waals surface area contributed by atoms with Gasteiger partial charge in [-0.1, -0.05) is 0 Å². The van der Waals surface area contributed by atoms with Crippen LogP contribution in [0.1, 0.15) is 49.4 Å². The lowest BCUT2D eigenvalue weighted by Gasteiger charge is -2.40. The van der Waals surface area contributed by atoms with E-state index in [2.05, 4.69) is 28.3 Å². The van der Waals surface area contributed by atoms with E-state index in [1.807, 2.05) is 0 Å². The molecule has 9 heteroatoms. The monoisotopic (exact) mass is 440 g/mol. The molecule has 1 aliphatic carbocycles. The van der Waals surface area contributed by atoms with Crippen LogP contribution in [0.2, 0.25) is 0 Å². The van der Waals surface area contributed by atoms with Gasteiger partial charge in [-0.25, -0.2) is 4.39 Å². The number of nitrogens with zero attached hydrogens (tertiary/aromatic N) is 4. The van der Waals surface area contributed by atoms with Gasteiger partial charge >= 0.3 is 0 Å². The Morgan fingerprint density at radius 2 is 2.06 bits per heavy atom. The number of nitriles is 1. The summed E-state index contributed by atoms with van der Waals surface area (Å²) in [7, 11) is 0. The molecule has 1 saturated heterocycles. The van der Waals surface area contributed by atoms with E-state index in [-0.39, 0.29) is 23.9 Å². The predicted octanol–water partition coefficient (Wildman–Crippen LogP) is 3.34. The van der Waals surface area contributed by atoms with Gasteiger partial charge in [0.2, 0.25) is 0 Å². The van der Waals surface area contributed by atoms with Crippen LogP contribution in [0.4, 0.5) is 15.9 Å². The molecular weight excluding hydrogens is 411 g/mol. The average Bonchev–Trinajstić information content (AvgIpc) is 3.54. The number of nitrogens with two attached hydrogens (primary N) is 1. The third-order valence-electron chi connectivity index (χ3n) is 6.57. The summed E-state index contributed by atoms with van der Waals surface area (Å²) in [6, 6.07) is 8.06. The maximum Gasteiger partial charge on any atom is 0.254 e. The van der Waals surface area contributed by atoms with Gasteiger partial charge in [0, 0.05) is 25.0 Å². The van der Waals surface area contributed by atoms with Crippen molar-refractivity contribution in [3.8, 4) is 6.07 Å². The number of hydrogen-bond acceptors (Lipinski definition) is 6. The van der Waals surface area contributed by atoms with E-state index in [0.29, 0.717) is 37.0 Å². The normalized spacial score (nSPS) is 19.3. The lowest BCUT2D eigenvalue weighted by molar-refractivity contribution is -0.0442. The number of carbonyl (C=O) groups excluding carboxylic acids is 1. The maximum absolute atomic E-state index is 13.2. The van der Waals surface area contributed by atoms with Gasteiger partial charge in [0.1, 0.15) is 11.4 Å². The minimum absolute atomic E-state index is 0.232. The molecule has 1 amide bonds. The zero-order valence-corrected chi connectivity index (χ0v) is 18.3. The summed E-state index contributed by atoms with van der Waals surface area (Å²) >= 11 is 0. The highest BCUT2D eigenvalue weighted by Crippen LogP contribution is 2.36. The van der Waals surface area contributed by atoms with Gasteiger partial charge in [-0.15, -0.1) is 0 Å². The number of likely N-dealkylation sites (tertiary alicyclic amines) is 1. The number of aromatic nitrogens is 2. The lowest BCUT2D eigenvalue weighted by atomic mass is 9.85. The smallest absolute Gasteiger partial charge is 0.254 e. The number of hydrogen-bond donors (Lipinski definition) is 2. The standard InChI is InChI=1S/C23H29FN6O2/c1-16(17-2-3-17)32-15-29-12-9-23(8-11-25,10-13-29)30-14-20(21(26)31)22(28-30)27-19-6-4-18(24)5-7-19/h4-7,14,16-17H,2-3,8-10,12-13,15H2,1H3,(H2,26,31)(H,27,28). The van der Waals surface area contributed by atoms with Gasteiger partial charge in [-0.2, -0.15) is 10.4 Å². The van der Waals surface area contributed by atoms with Crippen LogP contribution in [0, 0.1) is 23.1 Å². The number of piperidine rings is 1. The Hall–Kier alpha value is -2.96. The third kappa shape index (κ3) is 4.92. The fourth-order valence-corrected chi connectivity index (χ4v) is 4.22. The first-order valence-electron chi connectivity index (χ1n) is 11.0. The number of ether oxygens (including phenoxy) is 1. The van der Waals surface area contributed by atoms with Crippen LogP contribution >= 0.6 is 0 Å². The van der Waals surface area contributed by atoms with Crippen molar-refractivity contribution >= 4 is 17.4 Å². The van der Waals surface area contributed by atoms with Crippen molar-refractivity contribution in [2.24, 2.45) is 11.7 Å². The molecule has 2 heterocycles. The number of rotatable bonds is 9. The Morgan fingerprint density at radius 3 is 2.66 bits per heavy atom. The molecule has 170 valence electrons. The first-order chi connectivity index (χ1) is 15.4. The van der Waals surface area contributed by atoms with Crippen LogP contribution in [0.5, 0.6) is 0 Å². The largest absolute Gasteiger partial charge is 0.365 e. The summed E-state index contributed by atoms with van der Waals surface area (Å²) in [5.41, 5.74) is 5.88. The molecule has 2 fully saturated rings. The van der Waals surface area contributed by atoms with E-state index in [9.17, 15) is 14.4 Å². The van der Waals surface area contributed by atoms with E-state index in [0.717, 1.165) is 13.1 Å². The Labute approximate surface area is 187 Å². The number of amides is 1. The summed E-state index contributed by atoms with van der Waals surface area (Å²) in [4.78, 5) is 14.3. The Kier molecular flexibility index (Phi) is 6.44. The molecule has 3 N–H and O–H groups in total. The molecule has 32 heavy (non-hydrogen) atoms. The molecule has 2 aromatic rings. The highest BCUT2D eigenvalue weighted by atomic mass is 19.1. The van der Waals surface area contributed by atoms with Crippen LogP contribution < -0.4 is 11.1 Å². The van der Waals surface area contributed by atoms with Gasteiger partial charge in [0.25, 0.3) is 5.91 Å². The number of halogens is 1. The summed E-state index contributed by atoms with van der Waals surface area (Å²) < 4.78 is 20.9. The first kappa shape index (κ1) is 22.2. The summed E-state index contributed by atoms with van der Waals surface area (Å²) in [6.45, 7) is 4.26. The SMILES string of the molecule is CC(OCN1CCC(CC#N)(n2cc(C(N)=O)c(Nc3ccc(F)cc3)n2)CC1)C1CC1. The minimum Gasteiger partial charge on any atom is -0.365 e. The van der Waals surface area contributed by atoms with Crippen molar-refractivity contribution in [2.45, 2.75) is 50.7 Å². The highest BCUT2D eigenvalue weighted by Gasteiger charge is 2.38. The molecule has 2 aliphatic rings. The van der Waals surface area contributed by atoms with Gasteiger partial charge < -0.3 is 15.8 Å². The van der Waals surface area contributed by atoms with Crippen LogP contribution in [0.25, 0.3) is 0 Å². The van der Waals surface area contributed by atoms with E-state index in [1.54, 1.807) is 23.0 Å². The Balaban J connectivity index is 1.49. The number of primary amides is 1. The zero-order valence-electron chi connectivity index (χ0n) is 18.3. The first-order valence-corrected chi connectivity index (χ1v) is 11.0. The van der Waals surface area contributed by atoms with Gasteiger partial charge in [0.15, 0.2) is 5.82 Å². The van der Waals surface area contributed by atoms with Gasteiger partial charge in [-0.3, -0.25) is 14.4 Å². The number of anilines is 2. The maximum atomic E-state index is 13.2. The zero-order chi connectivity index (χ0) is 22.7. The Bertz CT molecular complexity index is 987.